The van der Waals surface area contributed by atoms with Gasteiger partial charge in [-0.15, -0.1) is 0 Å². The van der Waals surface area contributed by atoms with Crippen LogP contribution in [-0.4, -0.2) is 50.0 Å². The van der Waals surface area contributed by atoms with Crippen LogP contribution in [0.1, 0.15) is 44.2 Å². The summed E-state index contributed by atoms with van der Waals surface area (Å²) < 4.78 is 26.4. The molecule has 0 unspecified atom stereocenters. The maximum absolute atomic E-state index is 13.9. The maximum Gasteiger partial charge on any atom is 0.243 e. The minimum Gasteiger partial charge on any atom is -0.352 e. The summed E-state index contributed by atoms with van der Waals surface area (Å²) in [6.45, 7) is 4.12. The van der Waals surface area contributed by atoms with Crippen LogP contribution in [0.5, 0.6) is 0 Å². The Morgan fingerprint density at radius 2 is 1.63 bits per heavy atom. The Morgan fingerprint density at radius 1 is 0.951 bits per heavy atom. The number of benzene rings is 3. The van der Waals surface area contributed by atoms with E-state index in [-0.39, 0.29) is 43.8 Å². The van der Waals surface area contributed by atoms with Gasteiger partial charge < -0.3 is 10.2 Å². The molecule has 3 aromatic rings. The summed E-state index contributed by atoms with van der Waals surface area (Å²) in [5, 5.41) is 3.95. The summed E-state index contributed by atoms with van der Waals surface area (Å²) in [5.41, 5.74) is 2.06. The second-order valence-corrected chi connectivity index (χ2v) is 12.8. The number of rotatable bonds is 14. The second kappa shape index (κ2) is 15.2. The standard InChI is InChI=1S/C31H37Cl2N3O4S/c1-4-23(2)34-31(38)29(20-24-12-6-5-7-13-24)35(22-25-14-8-9-17-28(25)33)30(37)18-11-19-36(41(3,39)40)27-16-10-15-26(32)21-27/h5-10,12-17,21,23,29H,4,11,18-20,22H2,1-3H3,(H,34,38)/t23-,29-/m1/s1. The van der Waals surface area contributed by atoms with Gasteiger partial charge in [0.2, 0.25) is 21.8 Å². The number of anilines is 1. The maximum atomic E-state index is 13.9. The molecule has 3 aromatic carbocycles. The van der Waals surface area contributed by atoms with Crippen LogP contribution in [0, 0.1) is 0 Å². The van der Waals surface area contributed by atoms with Gasteiger partial charge in [0.15, 0.2) is 0 Å². The Hall–Kier alpha value is -3.07. The molecule has 2 amide bonds. The largest absolute Gasteiger partial charge is 0.352 e. The lowest BCUT2D eigenvalue weighted by molar-refractivity contribution is -0.141. The number of nitrogens with one attached hydrogen (secondary N) is 1. The molecule has 0 radical (unpaired) electrons. The summed E-state index contributed by atoms with van der Waals surface area (Å²) >= 11 is 12.6. The SMILES string of the molecule is CC[C@@H](C)NC(=O)[C@@H](Cc1ccccc1)N(Cc1ccccc1Cl)C(=O)CCCN(c1cccc(Cl)c1)S(C)(=O)=O. The zero-order chi connectivity index (χ0) is 30.0. The summed E-state index contributed by atoms with van der Waals surface area (Å²) in [4.78, 5) is 29.1. The van der Waals surface area contributed by atoms with E-state index in [0.717, 1.165) is 18.2 Å². The second-order valence-electron chi connectivity index (χ2n) is 10.1. The van der Waals surface area contributed by atoms with E-state index in [1.165, 1.54) is 4.31 Å². The van der Waals surface area contributed by atoms with Crippen molar-refractivity contribution in [1.82, 2.24) is 10.2 Å². The van der Waals surface area contributed by atoms with Gasteiger partial charge in [0, 0.05) is 42.0 Å². The van der Waals surface area contributed by atoms with Crippen LogP contribution in [0.2, 0.25) is 10.0 Å². The molecule has 0 spiro atoms. The normalized spacial score (nSPS) is 12.8. The van der Waals surface area contributed by atoms with Crippen LogP contribution in [0.3, 0.4) is 0 Å². The lowest BCUT2D eigenvalue weighted by Crippen LogP contribution is -2.52. The Balaban J connectivity index is 1.90. The lowest BCUT2D eigenvalue weighted by Gasteiger charge is -2.33. The van der Waals surface area contributed by atoms with Crippen molar-refractivity contribution in [2.45, 2.75) is 58.2 Å². The summed E-state index contributed by atoms with van der Waals surface area (Å²) in [5.74, 6) is -0.523. The highest BCUT2D eigenvalue weighted by molar-refractivity contribution is 7.92. The molecule has 2 atom stereocenters. The average Bonchev–Trinajstić information content (AvgIpc) is 2.93. The first-order valence-corrected chi connectivity index (χ1v) is 16.2. The number of hydrogen-bond acceptors (Lipinski definition) is 4. The third-order valence-electron chi connectivity index (χ3n) is 6.82. The molecule has 1 N–H and O–H groups in total. The molecule has 0 saturated carbocycles. The number of carbonyl (C=O) groups is 2. The third-order valence-corrected chi connectivity index (χ3v) is 8.62. The van der Waals surface area contributed by atoms with Gasteiger partial charge in [0.1, 0.15) is 6.04 Å². The zero-order valence-corrected chi connectivity index (χ0v) is 25.9. The quantitative estimate of drug-likeness (QED) is 0.237. The highest BCUT2D eigenvalue weighted by Crippen LogP contribution is 2.24. The van der Waals surface area contributed by atoms with Crippen molar-refractivity contribution in [3.05, 3.63) is 100 Å². The molecule has 0 bridgehead atoms. The van der Waals surface area contributed by atoms with Crippen molar-refractivity contribution in [3.8, 4) is 0 Å². The molecular weight excluding hydrogens is 581 g/mol. The minimum absolute atomic E-state index is 0.0267. The molecule has 7 nitrogen and oxygen atoms in total. The van der Waals surface area contributed by atoms with Gasteiger partial charge in [-0.05, 0) is 55.2 Å². The molecule has 0 aliphatic carbocycles. The molecule has 3 rings (SSSR count). The first kappa shape index (κ1) is 32.4. The Bertz CT molecular complexity index is 1420. The number of amides is 2. The van der Waals surface area contributed by atoms with Crippen LogP contribution in [-0.2, 0) is 32.6 Å². The zero-order valence-electron chi connectivity index (χ0n) is 23.6. The van der Waals surface area contributed by atoms with Gasteiger partial charge >= 0.3 is 0 Å². The van der Waals surface area contributed by atoms with E-state index in [9.17, 15) is 18.0 Å². The number of nitrogens with zero attached hydrogens (tertiary/aromatic N) is 2. The number of sulfonamides is 1. The minimum atomic E-state index is -3.63. The van der Waals surface area contributed by atoms with Crippen molar-refractivity contribution in [2.75, 3.05) is 17.1 Å². The molecule has 0 fully saturated rings. The highest BCUT2D eigenvalue weighted by atomic mass is 35.5. The first-order valence-electron chi connectivity index (χ1n) is 13.6. The summed E-state index contributed by atoms with van der Waals surface area (Å²) in [6.07, 6.45) is 2.44. The van der Waals surface area contributed by atoms with Crippen LogP contribution in [0.4, 0.5) is 5.69 Å². The van der Waals surface area contributed by atoms with Crippen molar-refractivity contribution < 1.29 is 18.0 Å². The number of hydrogen-bond donors (Lipinski definition) is 1. The van der Waals surface area contributed by atoms with E-state index in [1.807, 2.05) is 62.4 Å². The van der Waals surface area contributed by atoms with E-state index >= 15 is 0 Å². The van der Waals surface area contributed by atoms with Crippen LogP contribution < -0.4 is 9.62 Å². The fourth-order valence-electron chi connectivity index (χ4n) is 4.44. The molecule has 0 aromatic heterocycles. The Labute approximate surface area is 253 Å². The molecule has 0 aliphatic heterocycles. The smallest absolute Gasteiger partial charge is 0.243 e. The van der Waals surface area contributed by atoms with Gasteiger partial charge in [-0.1, -0.05) is 84.7 Å². The topological polar surface area (TPSA) is 86.8 Å². The van der Waals surface area contributed by atoms with Gasteiger partial charge in [0.05, 0.1) is 11.9 Å². The van der Waals surface area contributed by atoms with E-state index in [4.69, 9.17) is 23.2 Å². The predicted octanol–water partition coefficient (Wildman–Crippen LogP) is 6.09. The number of halogens is 2. The lowest BCUT2D eigenvalue weighted by atomic mass is 10.0. The molecule has 0 saturated heterocycles. The van der Waals surface area contributed by atoms with Crippen LogP contribution in [0.25, 0.3) is 0 Å². The van der Waals surface area contributed by atoms with Gasteiger partial charge in [-0.2, -0.15) is 0 Å². The molecule has 41 heavy (non-hydrogen) atoms. The molecule has 10 heteroatoms. The average molecular weight is 619 g/mol. The molecule has 0 aliphatic rings. The van der Waals surface area contributed by atoms with Crippen LogP contribution >= 0.6 is 23.2 Å². The first-order chi connectivity index (χ1) is 19.5. The molecular formula is C31H37Cl2N3O4S. The van der Waals surface area contributed by atoms with Gasteiger partial charge in [-0.3, -0.25) is 13.9 Å². The molecule has 0 heterocycles. The predicted molar refractivity (Wildman–Crippen MR) is 167 cm³/mol. The molecule has 220 valence electrons. The van der Waals surface area contributed by atoms with Gasteiger partial charge in [-0.25, -0.2) is 8.42 Å². The van der Waals surface area contributed by atoms with Crippen molar-refractivity contribution in [2.24, 2.45) is 0 Å². The van der Waals surface area contributed by atoms with E-state index in [0.29, 0.717) is 27.7 Å². The fraction of sp³-hybridized carbons (Fsp3) is 0.355. The van der Waals surface area contributed by atoms with Crippen LogP contribution in [0.15, 0.2) is 78.9 Å². The fourth-order valence-corrected chi connectivity index (χ4v) is 5.78. The van der Waals surface area contributed by atoms with Crippen molar-refractivity contribution in [3.63, 3.8) is 0 Å². The third kappa shape index (κ3) is 9.76. The van der Waals surface area contributed by atoms with Crippen molar-refractivity contribution in [1.29, 1.82) is 0 Å². The Morgan fingerprint density at radius 3 is 2.27 bits per heavy atom. The van der Waals surface area contributed by atoms with Gasteiger partial charge in [0.25, 0.3) is 0 Å². The Kier molecular flexibility index (Phi) is 12.1. The monoisotopic (exact) mass is 617 g/mol. The summed E-state index contributed by atoms with van der Waals surface area (Å²) in [6, 6.07) is 22.5. The van der Waals surface area contributed by atoms with E-state index < -0.39 is 16.1 Å². The van der Waals surface area contributed by atoms with E-state index in [1.54, 1.807) is 35.2 Å². The van der Waals surface area contributed by atoms with E-state index in [2.05, 4.69) is 5.32 Å². The van der Waals surface area contributed by atoms with Crippen molar-refractivity contribution >= 4 is 50.7 Å². The highest BCUT2D eigenvalue weighted by Gasteiger charge is 2.31. The summed E-state index contributed by atoms with van der Waals surface area (Å²) in [7, 11) is -3.63. The number of carbonyl (C=O) groups excluding carboxylic acids is 2.